The predicted molar refractivity (Wildman–Crippen MR) is 85.9 cm³/mol. The first-order chi connectivity index (χ1) is 10.5. The van der Waals surface area contributed by atoms with Crippen molar-refractivity contribution in [2.45, 2.75) is 33.6 Å². The van der Waals surface area contributed by atoms with Crippen LogP contribution in [0.15, 0.2) is 29.1 Å². The SMILES string of the molecule is Cc1nc(C)c(CC(=O)NCCc2ccccc2C)c(=O)[nH]1. The Balaban J connectivity index is 1.92. The first kappa shape index (κ1) is 15.9. The molecule has 1 aromatic carbocycles. The van der Waals surface area contributed by atoms with Crippen LogP contribution in [0.2, 0.25) is 0 Å². The smallest absolute Gasteiger partial charge is 0.254 e. The summed E-state index contributed by atoms with van der Waals surface area (Å²) in [6.45, 7) is 6.08. The Morgan fingerprint density at radius 2 is 1.95 bits per heavy atom. The number of aromatic nitrogens is 2. The van der Waals surface area contributed by atoms with Crippen LogP contribution in [0.3, 0.4) is 0 Å². The standard InChI is InChI=1S/C17H21N3O2/c1-11-6-4-5-7-14(11)8-9-18-16(21)10-15-12(2)19-13(3)20-17(15)22/h4-7H,8-10H2,1-3H3,(H,18,21)(H,19,20,22). The van der Waals surface area contributed by atoms with Crippen molar-refractivity contribution in [2.24, 2.45) is 0 Å². The lowest BCUT2D eigenvalue weighted by Gasteiger charge is -2.08. The second-order valence-corrected chi connectivity index (χ2v) is 5.42. The van der Waals surface area contributed by atoms with E-state index in [1.807, 2.05) is 12.1 Å². The average Bonchev–Trinajstić information content (AvgIpc) is 2.45. The number of carbonyl (C=O) groups is 1. The Morgan fingerprint density at radius 3 is 2.64 bits per heavy atom. The number of hydrogen-bond acceptors (Lipinski definition) is 3. The second kappa shape index (κ2) is 7.02. The topological polar surface area (TPSA) is 74.8 Å². The normalized spacial score (nSPS) is 10.5. The molecule has 0 bridgehead atoms. The summed E-state index contributed by atoms with van der Waals surface area (Å²) in [6.07, 6.45) is 0.835. The van der Waals surface area contributed by atoms with Crippen molar-refractivity contribution in [3.63, 3.8) is 0 Å². The van der Waals surface area contributed by atoms with Gasteiger partial charge in [-0.15, -0.1) is 0 Å². The summed E-state index contributed by atoms with van der Waals surface area (Å²) in [5.74, 6) is 0.402. The summed E-state index contributed by atoms with van der Waals surface area (Å²) in [5, 5.41) is 2.86. The van der Waals surface area contributed by atoms with Gasteiger partial charge in [0, 0.05) is 17.8 Å². The van der Waals surface area contributed by atoms with Gasteiger partial charge >= 0.3 is 0 Å². The van der Waals surface area contributed by atoms with E-state index in [2.05, 4.69) is 34.3 Å². The van der Waals surface area contributed by atoms with Gasteiger partial charge in [0.1, 0.15) is 5.82 Å². The molecule has 2 N–H and O–H groups in total. The molecule has 0 atom stereocenters. The number of benzene rings is 1. The second-order valence-electron chi connectivity index (χ2n) is 5.42. The molecule has 1 aromatic heterocycles. The lowest BCUT2D eigenvalue weighted by molar-refractivity contribution is -0.120. The Kier molecular flexibility index (Phi) is 5.09. The number of aryl methyl sites for hydroxylation is 3. The fourth-order valence-corrected chi connectivity index (χ4v) is 2.41. The van der Waals surface area contributed by atoms with Crippen LogP contribution < -0.4 is 10.9 Å². The highest BCUT2D eigenvalue weighted by Crippen LogP contribution is 2.07. The summed E-state index contributed by atoms with van der Waals surface area (Å²) in [6, 6.07) is 8.10. The maximum absolute atomic E-state index is 12.0. The van der Waals surface area contributed by atoms with Gasteiger partial charge in [-0.1, -0.05) is 24.3 Å². The monoisotopic (exact) mass is 299 g/mol. The molecule has 5 heteroatoms. The molecule has 1 amide bonds. The van der Waals surface area contributed by atoms with Crippen molar-refractivity contribution in [1.29, 1.82) is 0 Å². The van der Waals surface area contributed by atoms with Gasteiger partial charge in [0.05, 0.1) is 6.42 Å². The lowest BCUT2D eigenvalue weighted by atomic mass is 10.1. The molecule has 5 nitrogen and oxygen atoms in total. The minimum absolute atomic E-state index is 0.0578. The third kappa shape index (κ3) is 4.04. The van der Waals surface area contributed by atoms with E-state index >= 15 is 0 Å². The van der Waals surface area contributed by atoms with Crippen LogP contribution >= 0.6 is 0 Å². The minimum atomic E-state index is -0.237. The zero-order valence-corrected chi connectivity index (χ0v) is 13.2. The Labute approximate surface area is 129 Å². The summed E-state index contributed by atoms with van der Waals surface area (Å²) in [7, 11) is 0. The van der Waals surface area contributed by atoms with Crippen molar-refractivity contribution in [1.82, 2.24) is 15.3 Å². The molecule has 0 aliphatic rings. The van der Waals surface area contributed by atoms with E-state index < -0.39 is 0 Å². The maximum atomic E-state index is 12.0. The highest BCUT2D eigenvalue weighted by molar-refractivity contribution is 5.78. The van der Waals surface area contributed by atoms with E-state index in [0.29, 0.717) is 23.6 Å². The molecule has 0 aliphatic carbocycles. The quantitative estimate of drug-likeness (QED) is 0.880. The zero-order chi connectivity index (χ0) is 16.1. The van der Waals surface area contributed by atoms with E-state index in [0.717, 1.165) is 6.42 Å². The van der Waals surface area contributed by atoms with Crippen LogP contribution in [0, 0.1) is 20.8 Å². The number of amides is 1. The van der Waals surface area contributed by atoms with E-state index in [1.165, 1.54) is 11.1 Å². The Hall–Kier alpha value is -2.43. The molecule has 0 radical (unpaired) electrons. The maximum Gasteiger partial charge on any atom is 0.254 e. The van der Waals surface area contributed by atoms with Gasteiger partial charge in [-0.3, -0.25) is 9.59 Å². The van der Waals surface area contributed by atoms with Crippen molar-refractivity contribution in [2.75, 3.05) is 6.54 Å². The van der Waals surface area contributed by atoms with Crippen LogP contribution in [0.5, 0.6) is 0 Å². The van der Waals surface area contributed by atoms with Crippen molar-refractivity contribution in [3.8, 4) is 0 Å². The van der Waals surface area contributed by atoms with Gasteiger partial charge in [0.15, 0.2) is 0 Å². The Morgan fingerprint density at radius 1 is 1.23 bits per heavy atom. The summed E-state index contributed by atoms with van der Waals surface area (Å²) in [5.41, 5.74) is 3.23. The third-order valence-corrected chi connectivity index (χ3v) is 3.66. The van der Waals surface area contributed by atoms with Gasteiger partial charge < -0.3 is 10.3 Å². The summed E-state index contributed by atoms with van der Waals surface area (Å²) < 4.78 is 0. The molecule has 0 saturated heterocycles. The first-order valence-electron chi connectivity index (χ1n) is 7.35. The average molecular weight is 299 g/mol. The number of aromatic amines is 1. The third-order valence-electron chi connectivity index (χ3n) is 3.66. The number of hydrogen-bond donors (Lipinski definition) is 2. The molecule has 22 heavy (non-hydrogen) atoms. The molecule has 0 saturated carbocycles. The summed E-state index contributed by atoms with van der Waals surface area (Å²) in [4.78, 5) is 30.7. The number of rotatable bonds is 5. The van der Waals surface area contributed by atoms with Crippen LogP contribution in [-0.2, 0) is 17.6 Å². The van der Waals surface area contributed by atoms with Crippen LogP contribution in [0.4, 0.5) is 0 Å². The van der Waals surface area contributed by atoms with E-state index in [4.69, 9.17) is 0 Å². The van der Waals surface area contributed by atoms with Crippen molar-refractivity contribution >= 4 is 5.91 Å². The largest absolute Gasteiger partial charge is 0.355 e. The van der Waals surface area contributed by atoms with Gasteiger partial charge in [0.2, 0.25) is 5.91 Å². The molecule has 2 rings (SSSR count). The fraction of sp³-hybridized carbons (Fsp3) is 0.353. The van der Waals surface area contributed by atoms with Gasteiger partial charge in [-0.2, -0.15) is 0 Å². The van der Waals surface area contributed by atoms with Crippen LogP contribution in [0.1, 0.15) is 28.2 Å². The Bertz CT molecular complexity index is 735. The van der Waals surface area contributed by atoms with E-state index in [1.54, 1.807) is 13.8 Å². The molecule has 0 spiro atoms. The van der Waals surface area contributed by atoms with Gasteiger partial charge in [0.25, 0.3) is 5.56 Å². The minimum Gasteiger partial charge on any atom is -0.355 e. The highest BCUT2D eigenvalue weighted by Gasteiger charge is 2.11. The molecule has 0 unspecified atom stereocenters. The van der Waals surface area contributed by atoms with Crippen LogP contribution in [0.25, 0.3) is 0 Å². The van der Waals surface area contributed by atoms with Gasteiger partial charge in [-0.25, -0.2) is 4.98 Å². The number of H-pyrrole nitrogens is 1. The fourth-order valence-electron chi connectivity index (χ4n) is 2.41. The molecule has 1 heterocycles. The molecule has 2 aromatic rings. The zero-order valence-electron chi connectivity index (χ0n) is 13.2. The molecule has 0 fully saturated rings. The van der Waals surface area contributed by atoms with E-state index in [-0.39, 0.29) is 17.9 Å². The number of nitrogens with one attached hydrogen (secondary N) is 2. The number of nitrogens with zero attached hydrogens (tertiary/aromatic N) is 1. The number of carbonyl (C=O) groups excluding carboxylic acids is 1. The lowest BCUT2D eigenvalue weighted by Crippen LogP contribution is -2.30. The molecule has 116 valence electrons. The molecule has 0 aliphatic heterocycles. The molecular formula is C17H21N3O2. The molecular weight excluding hydrogens is 278 g/mol. The van der Waals surface area contributed by atoms with E-state index in [9.17, 15) is 9.59 Å². The van der Waals surface area contributed by atoms with Crippen molar-refractivity contribution in [3.05, 3.63) is 62.8 Å². The van der Waals surface area contributed by atoms with Crippen LogP contribution in [-0.4, -0.2) is 22.4 Å². The highest BCUT2D eigenvalue weighted by atomic mass is 16.2. The van der Waals surface area contributed by atoms with Gasteiger partial charge in [-0.05, 0) is 38.3 Å². The predicted octanol–water partition coefficient (Wildman–Crippen LogP) is 1.60. The summed E-state index contributed by atoms with van der Waals surface area (Å²) >= 11 is 0. The first-order valence-corrected chi connectivity index (χ1v) is 7.35. The van der Waals surface area contributed by atoms with Crippen molar-refractivity contribution < 1.29 is 4.79 Å².